The lowest BCUT2D eigenvalue weighted by molar-refractivity contribution is 0.0875. The first-order valence-electron chi connectivity index (χ1n) is 13.0. The molecule has 1 aliphatic rings. The third-order valence-electron chi connectivity index (χ3n) is 7.19. The van der Waals surface area contributed by atoms with Gasteiger partial charge in [0.25, 0.3) is 5.91 Å². The minimum atomic E-state index is -0.762. The molecule has 40 heavy (non-hydrogen) atoms. The van der Waals surface area contributed by atoms with Crippen LogP contribution in [0.3, 0.4) is 0 Å². The average molecular weight is 546 g/mol. The number of likely N-dealkylation sites (N-methyl/N-ethyl adjacent to an activating group) is 1. The van der Waals surface area contributed by atoms with Crippen LogP contribution in [-0.4, -0.2) is 59.3 Å². The van der Waals surface area contributed by atoms with Crippen LogP contribution < -0.4 is 20.3 Å². The number of ether oxygens (including phenoxy) is 1. The summed E-state index contributed by atoms with van der Waals surface area (Å²) in [4.78, 5) is 19.7. The zero-order valence-corrected chi connectivity index (χ0v) is 22.2. The number of pyridine rings is 2. The van der Waals surface area contributed by atoms with E-state index < -0.39 is 23.1 Å². The molecule has 1 saturated heterocycles. The summed E-state index contributed by atoms with van der Waals surface area (Å²) in [6, 6.07) is 10.8. The fourth-order valence-electron chi connectivity index (χ4n) is 5.20. The van der Waals surface area contributed by atoms with Crippen LogP contribution >= 0.6 is 0 Å². The highest BCUT2D eigenvalue weighted by Crippen LogP contribution is 2.32. The zero-order valence-electron chi connectivity index (χ0n) is 22.2. The minimum Gasteiger partial charge on any atom is -0.492 e. The van der Waals surface area contributed by atoms with Crippen LogP contribution in [0.5, 0.6) is 5.75 Å². The van der Waals surface area contributed by atoms with E-state index in [1.165, 1.54) is 6.20 Å². The van der Waals surface area contributed by atoms with Crippen molar-refractivity contribution in [3.63, 3.8) is 0 Å². The number of fused-ring (bicyclic) bond motifs is 1. The monoisotopic (exact) mass is 545 g/mol. The van der Waals surface area contributed by atoms with Crippen molar-refractivity contribution >= 4 is 17.2 Å². The van der Waals surface area contributed by atoms with Crippen molar-refractivity contribution in [2.75, 3.05) is 38.2 Å². The number of nitrogens with zero attached hydrogens (tertiary/aromatic N) is 5. The zero-order chi connectivity index (χ0) is 28.3. The number of benzene rings is 1. The first-order chi connectivity index (χ1) is 19.4. The van der Waals surface area contributed by atoms with Crippen LogP contribution in [0.2, 0.25) is 0 Å². The van der Waals surface area contributed by atoms with Crippen molar-refractivity contribution in [2.45, 2.75) is 25.3 Å². The molecule has 0 atom stereocenters. The Morgan fingerprint density at radius 2 is 1.98 bits per heavy atom. The van der Waals surface area contributed by atoms with E-state index in [1.807, 2.05) is 25.1 Å². The molecule has 0 spiro atoms. The summed E-state index contributed by atoms with van der Waals surface area (Å²) < 4.78 is 35.2. The summed E-state index contributed by atoms with van der Waals surface area (Å²) in [5, 5.41) is 20.0. The van der Waals surface area contributed by atoms with Gasteiger partial charge in [-0.05, 0) is 63.2 Å². The molecular formula is C29H29F2N7O2. The number of carbonyl (C=O) groups is 1. The van der Waals surface area contributed by atoms with E-state index in [1.54, 1.807) is 24.0 Å². The van der Waals surface area contributed by atoms with E-state index in [4.69, 9.17) is 9.72 Å². The number of amides is 1. The Balaban J connectivity index is 1.34. The standard InChI is InChI=1S/C29H29F2N7O2/c1-3-40-22-13-23(27-20(14-32)16-35-38(27)17-22)19-4-7-26(34-15-19)37-10-8-29(9-11-37,18-33-2)36-28(39)24-12-21(30)5-6-25(24)31/h4-7,12-13,15-17,33H,3,8-11,18H2,1-2H3,(H,36,39). The highest BCUT2D eigenvalue weighted by atomic mass is 19.1. The molecule has 1 aromatic carbocycles. The summed E-state index contributed by atoms with van der Waals surface area (Å²) >= 11 is 0. The number of halogens is 2. The molecule has 4 aromatic rings. The maximum absolute atomic E-state index is 14.2. The highest BCUT2D eigenvalue weighted by Gasteiger charge is 2.36. The van der Waals surface area contributed by atoms with E-state index in [0.717, 1.165) is 35.1 Å². The molecule has 3 aromatic heterocycles. The van der Waals surface area contributed by atoms with Gasteiger partial charge in [0.2, 0.25) is 0 Å². The number of piperidine rings is 1. The quantitative estimate of drug-likeness (QED) is 0.345. The summed E-state index contributed by atoms with van der Waals surface area (Å²) in [5.74, 6) is -0.655. The molecular weight excluding hydrogens is 516 g/mol. The van der Waals surface area contributed by atoms with Gasteiger partial charge >= 0.3 is 0 Å². The Hall–Kier alpha value is -4.56. The predicted molar refractivity (Wildman–Crippen MR) is 146 cm³/mol. The topological polar surface area (TPSA) is 108 Å². The third kappa shape index (κ3) is 5.31. The Labute approximate surface area is 230 Å². The van der Waals surface area contributed by atoms with Gasteiger partial charge in [-0.1, -0.05) is 0 Å². The van der Waals surface area contributed by atoms with E-state index >= 15 is 0 Å². The Morgan fingerprint density at radius 3 is 2.65 bits per heavy atom. The Kier molecular flexibility index (Phi) is 7.62. The summed E-state index contributed by atoms with van der Waals surface area (Å²) in [5.41, 5.74) is 1.81. The van der Waals surface area contributed by atoms with Crippen molar-refractivity contribution in [3.05, 3.63) is 77.8 Å². The van der Waals surface area contributed by atoms with Crippen LogP contribution in [-0.2, 0) is 0 Å². The molecule has 1 aliphatic heterocycles. The van der Waals surface area contributed by atoms with Crippen molar-refractivity contribution in [3.8, 4) is 22.9 Å². The van der Waals surface area contributed by atoms with E-state index in [0.29, 0.717) is 55.9 Å². The van der Waals surface area contributed by atoms with Gasteiger partial charge in [0.1, 0.15) is 29.3 Å². The minimum absolute atomic E-state index is 0.310. The molecule has 5 rings (SSSR count). The van der Waals surface area contributed by atoms with Crippen molar-refractivity contribution < 1.29 is 18.3 Å². The first kappa shape index (κ1) is 27.0. The van der Waals surface area contributed by atoms with Gasteiger partial charge < -0.3 is 20.3 Å². The van der Waals surface area contributed by atoms with E-state index in [2.05, 4.69) is 26.7 Å². The maximum atomic E-state index is 14.2. The second-order valence-electron chi connectivity index (χ2n) is 9.77. The number of nitrogens with one attached hydrogen (secondary N) is 2. The molecule has 1 fully saturated rings. The number of nitriles is 1. The van der Waals surface area contributed by atoms with Gasteiger partial charge in [-0.3, -0.25) is 4.79 Å². The second kappa shape index (κ2) is 11.3. The van der Waals surface area contributed by atoms with Crippen LogP contribution in [0, 0.1) is 23.0 Å². The smallest absolute Gasteiger partial charge is 0.254 e. The number of carbonyl (C=O) groups excluding carboxylic acids is 1. The molecule has 206 valence electrons. The van der Waals surface area contributed by atoms with Crippen LogP contribution in [0.1, 0.15) is 35.7 Å². The molecule has 1 amide bonds. The van der Waals surface area contributed by atoms with Gasteiger partial charge in [-0.25, -0.2) is 18.3 Å². The maximum Gasteiger partial charge on any atom is 0.254 e. The lowest BCUT2D eigenvalue weighted by Gasteiger charge is -2.43. The normalized spacial score (nSPS) is 14.6. The van der Waals surface area contributed by atoms with E-state index in [-0.39, 0.29) is 5.56 Å². The molecule has 2 N–H and O–H groups in total. The molecule has 0 radical (unpaired) electrons. The third-order valence-corrected chi connectivity index (χ3v) is 7.19. The second-order valence-corrected chi connectivity index (χ2v) is 9.77. The fourth-order valence-corrected chi connectivity index (χ4v) is 5.20. The fraction of sp³-hybridized carbons (Fsp3) is 0.310. The van der Waals surface area contributed by atoms with Crippen molar-refractivity contribution in [1.29, 1.82) is 5.26 Å². The van der Waals surface area contributed by atoms with E-state index in [9.17, 15) is 18.8 Å². The van der Waals surface area contributed by atoms with Crippen LogP contribution in [0.4, 0.5) is 14.6 Å². The summed E-state index contributed by atoms with van der Waals surface area (Å²) in [6.07, 6.45) is 6.20. The average Bonchev–Trinajstić information content (AvgIpc) is 3.38. The molecule has 4 heterocycles. The number of hydrogen-bond donors (Lipinski definition) is 2. The molecule has 0 unspecified atom stereocenters. The SMILES string of the molecule is CCOc1cc(-c2ccc(N3CCC(CNC)(NC(=O)c4cc(F)ccc4F)CC3)nc2)c2c(C#N)cnn2c1. The highest BCUT2D eigenvalue weighted by molar-refractivity contribution is 5.95. The Bertz CT molecular complexity index is 1570. The first-order valence-corrected chi connectivity index (χ1v) is 13.0. The molecule has 9 nitrogen and oxygen atoms in total. The van der Waals surface area contributed by atoms with Gasteiger partial charge in [0.15, 0.2) is 0 Å². The van der Waals surface area contributed by atoms with Crippen LogP contribution in [0.25, 0.3) is 16.6 Å². The number of hydrogen-bond acceptors (Lipinski definition) is 7. The molecule has 0 saturated carbocycles. The summed E-state index contributed by atoms with van der Waals surface area (Å²) in [6.45, 7) is 4.08. The Morgan fingerprint density at radius 1 is 1.18 bits per heavy atom. The lowest BCUT2D eigenvalue weighted by atomic mass is 9.86. The van der Waals surface area contributed by atoms with Gasteiger partial charge in [-0.2, -0.15) is 10.4 Å². The predicted octanol–water partition coefficient (Wildman–Crippen LogP) is 3.93. The van der Waals surface area contributed by atoms with Gasteiger partial charge in [0, 0.05) is 37.0 Å². The number of rotatable bonds is 8. The van der Waals surface area contributed by atoms with Gasteiger partial charge in [-0.15, -0.1) is 0 Å². The van der Waals surface area contributed by atoms with Crippen molar-refractivity contribution in [1.82, 2.24) is 25.2 Å². The van der Waals surface area contributed by atoms with Crippen molar-refractivity contribution in [2.24, 2.45) is 0 Å². The lowest BCUT2D eigenvalue weighted by Crippen LogP contribution is -2.60. The van der Waals surface area contributed by atoms with Gasteiger partial charge in [0.05, 0.1) is 41.2 Å². The summed E-state index contributed by atoms with van der Waals surface area (Å²) in [7, 11) is 1.79. The number of anilines is 1. The molecule has 0 aliphatic carbocycles. The molecule has 0 bridgehead atoms. The number of aromatic nitrogens is 3. The molecule has 11 heteroatoms. The van der Waals surface area contributed by atoms with Crippen LogP contribution in [0.15, 0.2) is 55.0 Å². The largest absolute Gasteiger partial charge is 0.492 e.